The fraction of sp³-hybridized carbons (Fsp3) is 0.111. The van der Waals surface area contributed by atoms with Gasteiger partial charge in [-0.1, -0.05) is 30.3 Å². The van der Waals surface area contributed by atoms with E-state index >= 15 is 0 Å². The standard InChI is InChI=1S/C18H15N3O5/c22-13(23)9-20-17(25)14-16(24)15-12(7-4-8-19-15)21(18(14)26)10-11-5-2-1-3-6-11/h1-8,24H,9-10H2,(H,20,25)(H,22,23). The van der Waals surface area contributed by atoms with Crippen molar-refractivity contribution in [1.82, 2.24) is 14.9 Å². The first kappa shape index (κ1) is 17.2. The second kappa shape index (κ2) is 7.06. The number of aromatic hydroxyl groups is 1. The van der Waals surface area contributed by atoms with Crippen molar-refractivity contribution in [2.45, 2.75) is 6.54 Å². The number of aromatic nitrogens is 2. The summed E-state index contributed by atoms with van der Waals surface area (Å²) < 4.78 is 1.33. The smallest absolute Gasteiger partial charge is 0.322 e. The number of amides is 1. The Kier molecular flexibility index (Phi) is 4.66. The summed E-state index contributed by atoms with van der Waals surface area (Å²) in [6, 6.07) is 12.4. The molecule has 8 heteroatoms. The number of carboxylic acids is 1. The number of carbonyl (C=O) groups is 2. The van der Waals surface area contributed by atoms with Crippen LogP contribution in [0.3, 0.4) is 0 Å². The van der Waals surface area contributed by atoms with Gasteiger partial charge in [-0.2, -0.15) is 0 Å². The average molecular weight is 353 g/mol. The van der Waals surface area contributed by atoms with Gasteiger partial charge >= 0.3 is 5.97 Å². The van der Waals surface area contributed by atoms with E-state index in [0.29, 0.717) is 5.52 Å². The summed E-state index contributed by atoms with van der Waals surface area (Å²) in [5.74, 6) is -2.80. The molecule has 3 N–H and O–H groups in total. The second-order valence-electron chi connectivity index (χ2n) is 5.55. The number of fused-ring (bicyclic) bond motifs is 1. The van der Waals surface area contributed by atoms with Crippen molar-refractivity contribution in [2.24, 2.45) is 0 Å². The predicted molar refractivity (Wildman–Crippen MR) is 93.2 cm³/mol. The Labute approximate surface area is 147 Å². The third-order valence-corrected chi connectivity index (χ3v) is 3.81. The van der Waals surface area contributed by atoms with Gasteiger partial charge in [0.05, 0.1) is 12.1 Å². The molecule has 0 aliphatic heterocycles. The lowest BCUT2D eigenvalue weighted by atomic mass is 10.1. The third kappa shape index (κ3) is 3.25. The van der Waals surface area contributed by atoms with Crippen LogP contribution in [0.25, 0.3) is 11.0 Å². The van der Waals surface area contributed by atoms with Crippen LogP contribution in [0, 0.1) is 0 Å². The molecule has 0 radical (unpaired) electrons. The molecule has 2 aromatic heterocycles. The highest BCUT2D eigenvalue weighted by Gasteiger charge is 2.23. The Bertz CT molecular complexity index is 1040. The van der Waals surface area contributed by atoms with Gasteiger partial charge in [-0.25, -0.2) is 0 Å². The lowest BCUT2D eigenvalue weighted by Crippen LogP contribution is -2.36. The Morgan fingerprint density at radius 3 is 2.54 bits per heavy atom. The van der Waals surface area contributed by atoms with Gasteiger partial charge in [0.1, 0.15) is 17.6 Å². The zero-order valence-electron chi connectivity index (χ0n) is 13.5. The maximum atomic E-state index is 12.9. The number of aliphatic carboxylic acids is 1. The molecule has 132 valence electrons. The minimum absolute atomic E-state index is 0.0866. The first-order chi connectivity index (χ1) is 12.5. The molecule has 8 nitrogen and oxygen atoms in total. The Morgan fingerprint density at radius 2 is 1.85 bits per heavy atom. The number of rotatable bonds is 5. The number of benzene rings is 1. The Morgan fingerprint density at radius 1 is 1.12 bits per heavy atom. The molecule has 0 saturated heterocycles. The van der Waals surface area contributed by atoms with Crippen LogP contribution in [0.1, 0.15) is 15.9 Å². The molecule has 3 rings (SSSR count). The molecule has 3 aromatic rings. The first-order valence-electron chi connectivity index (χ1n) is 7.73. The van der Waals surface area contributed by atoms with Crippen molar-refractivity contribution >= 4 is 22.9 Å². The molecule has 0 aliphatic carbocycles. The molecule has 0 unspecified atom stereocenters. The summed E-state index contributed by atoms with van der Waals surface area (Å²) in [6.07, 6.45) is 1.43. The lowest BCUT2D eigenvalue weighted by molar-refractivity contribution is -0.135. The van der Waals surface area contributed by atoms with Gasteiger partial charge in [-0.15, -0.1) is 0 Å². The predicted octanol–water partition coefficient (Wildman–Crippen LogP) is 0.965. The summed E-state index contributed by atoms with van der Waals surface area (Å²) in [5, 5.41) is 21.2. The van der Waals surface area contributed by atoms with Gasteiger partial charge in [0, 0.05) is 6.20 Å². The summed E-state index contributed by atoms with van der Waals surface area (Å²) in [6.45, 7) is -0.502. The molecule has 26 heavy (non-hydrogen) atoms. The Balaban J connectivity index is 2.18. The molecule has 0 spiro atoms. The van der Waals surface area contributed by atoms with Crippen LogP contribution in [-0.4, -0.2) is 38.2 Å². The minimum atomic E-state index is -1.26. The van der Waals surface area contributed by atoms with Gasteiger partial charge in [-0.05, 0) is 17.7 Å². The van der Waals surface area contributed by atoms with Gasteiger partial charge in [0.2, 0.25) is 0 Å². The monoisotopic (exact) mass is 353 g/mol. The highest BCUT2D eigenvalue weighted by atomic mass is 16.4. The molecule has 2 heterocycles. The van der Waals surface area contributed by atoms with Crippen LogP contribution in [0.5, 0.6) is 5.75 Å². The lowest BCUT2D eigenvalue weighted by Gasteiger charge is -2.14. The third-order valence-electron chi connectivity index (χ3n) is 3.81. The molecule has 0 saturated carbocycles. The zero-order chi connectivity index (χ0) is 18.7. The topological polar surface area (TPSA) is 122 Å². The first-order valence-corrected chi connectivity index (χ1v) is 7.73. The summed E-state index contributed by atoms with van der Waals surface area (Å²) in [4.78, 5) is 39.8. The van der Waals surface area contributed by atoms with E-state index in [-0.39, 0.29) is 12.1 Å². The molecule has 0 atom stereocenters. The van der Waals surface area contributed by atoms with Crippen LogP contribution in [0.4, 0.5) is 0 Å². The normalized spacial score (nSPS) is 10.6. The van der Waals surface area contributed by atoms with Crippen LogP contribution < -0.4 is 10.9 Å². The van der Waals surface area contributed by atoms with Crippen molar-refractivity contribution in [3.8, 4) is 5.75 Å². The largest absolute Gasteiger partial charge is 0.505 e. The summed E-state index contributed by atoms with van der Waals surface area (Å²) in [5.41, 5.74) is 0.0163. The van der Waals surface area contributed by atoms with Crippen molar-refractivity contribution in [2.75, 3.05) is 6.54 Å². The molecule has 1 aromatic carbocycles. The van der Waals surface area contributed by atoms with E-state index < -0.39 is 35.3 Å². The maximum Gasteiger partial charge on any atom is 0.322 e. The number of nitrogens with one attached hydrogen (secondary N) is 1. The zero-order valence-corrected chi connectivity index (χ0v) is 13.5. The van der Waals surface area contributed by atoms with E-state index in [2.05, 4.69) is 10.3 Å². The average Bonchev–Trinajstić information content (AvgIpc) is 2.64. The second-order valence-corrected chi connectivity index (χ2v) is 5.55. The molecule has 0 bridgehead atoms. The van der Waals surface area contributed by atoms with E-state index in [9.17, 15) is 19.5 Å². The number of pyridine rings is 2. The van der Waals surface area contributed by atoms with E-state index in [1.807, 2.05) is 30.3 Å². The van der Waals surface area contributed by atoms with Crippen molar-refractivity contribution in [3.63, 3.8) is 0 Å². The number of carbonyl (C=O) groups excluding carboxylic acids is 1. The quantitative estimate of drug-likeness (QED) is 0.628. The van der Waals surface area contributed by atoms with E-state index in [0.717, 1.165) is 5.56 Å². The van der Waals surface area contributed by atoms with E-state index in [4.69, 9.17) is 5.11 Å². The summed E-state index contributed by atoms with van der Waals surface area (Å²) in [7, 11) is 0. The van der Waals surface area contributed by atoms with E-state index in [1.165, 1.54) is 10.8 Å². The number of carboxylic acid groups (broad SMARTS) is 1. The van der Waals surface area contributed by atoms with Crippen molar-refractivity contribution in [1.29, 1.82) is 0 Å². The van der Waals surface area contributed by atoms with Crippen LogP contribution in [-0.2, 0) is 11.3 Å². The van der Waals surface area contributed by atoms with Crippen LogP contribution >= 0.6 is 0 Å². The molecular formula is C18H15N3O5. The van der Waals surface area contributed by atoms with Gasteiger partial charge < -0.3 is 20.1 Å². The highest BCUT2D eigenvalue weighted by Crippen LogP contribution is 2.24. The van der Waals surface area contributed by atoms with Crippen molar-refractivity contribution in [3.05, 3.63) is 70.1 Å². The molecule has 0 aliphatic rings. The highest BCUT2D eigenvalue weighted by molar-refractivity contribution is 6.02. The molecular weight excluding hydrogens is 338 g/mol. The number of nitrogens with zero attached hydrogens (tertiary/aromatic N) is 2. The van der Waals surface area contributed by atoms with Gasteiger partial charge in [0.15, 0.2) is 5.75 Å². The van der Waals surface area contributed by atoms with Gasteiger partial charge in [-0.3, -0.25) is 19.4 Å². The minimum Gasteiger partial charge on any atom is -0.505 e. The summed E-state index contributed by atoms with van der Waals surface area (Å²) >= 11 is 0. The number of hydrogen-bond donors (Lipinski definition) is 3. The fourth-order valence-electron chi connectivity index (χ4n) is 2.63. The number of hydrogen-bond acceptors (Lipinski definition) is 5. The molecule has 1 amide bonds. The SMILES string of the molecule is O=C(O)CNC(=O)c1c(O)c2ncccc2n(Cc2ccccc2)c1=O. The maximum absolute atomic E-state index is 12.9. The van der Waals surface area contributed by atoms with Gasteiger partial charge in [0.25, 0.3) is 11.5 Å². The van der Waals surface area contributed by atoms with E-state index in [1.54, 1.807) is 12.1 Å². The fourth-order valence-corrected chi connectivity index (χ4v) is 2.63. The van der Waals surface area contributed by atoms with Crippen LogP contribution in [0.2, 0.25) is 0 Å². The van der Waals surface area contributed by atoms with Crippen molar-refractivity contribution < 1.29 is 19.8 Å². The molecule has 0 fully saturated rings. The van der Waals surface area contributed by atoms with Crippen LogP contribution in [0.15, 0.2) is 53.5 Å². The Hall–Kier alpha value is -3.68.